The van der Waals surface area contributed by atoms with Crippen molar-refractivity contribution in [3.8, 4) is 0 Å². The second-order valence-corrected chi connectivity index (χ2v) is 4.80. The molecule has 2 rings (SSSR count). The molecule has 0 unspecified atom stereocenters. The molecule has 0 saturated heterocycles. The zero-order valence-electron chi connectivity index (χ0n) is 9.52. The van der Waals surface area contributed by atoms with E-state index in [-0.39, 0.29) is 18.1 Å². The summed E-state index contributed by atoms with van der Waals surface area (Å²) in [5.41, 5.74) is 0. The Labute approximate surface area is 95.5 Å². The van der Waals surface area contributed by atoms with Crippen LogP contribution in [0.15, 0.2) is 5.29 Å². The minimum atomic E-state index is -0.297. The number of carbonyl (C=O) groups excluding carboxylic acids is 1. The van der Waals surface area contributed by atoms with Crippen LogP contribution in [0.25, 0.3) is 0 Å². The van der Waals surface area contributed by atoms with E-state index in [1.54, 1.807) is 0 Å². The second-order valence-electron chi connectivity index (χ2n) is 4.80. The fourth-order valence-corrected chi connectivity index (χ4v) is 2.73. The summed E-state index contributed by atoms with van der Waals surface area (Å²) in [6.45, 7) is 0. The van der Waals surface area contributed by atoms with Gasteiger partial charge in [0.2, 0.25) is 0 Å². The molecule has 0 aromatic carbocycles. The highest BCUT2D eigenvalue weighted by Crippen LogP contribution is 2.24. The normalized spacial score (nSPS) is 22.2. The van der Waals surface area contributed by atoms with E-state index in [1.807, 2.05) is 0 Å². The van der Waals surface area contributed by atoms with Gasteiger partial charge in [-0.2, -0.15) is 5.01 Å². The summed E-state index contributed by atoms with van der Waals surface area (Å²) >= 11 is 0. The smallest absolute Gasteiger partial charge is 0.334 e. The van der Waals surface area contributed by atoms with Crippen molar-refractivity contribution in [3.05, 3.63) is 4.91 Å². The fraction of sp³-hybridized carbons (Fsp3) is 0.909. The average molecular weight is 225 g/mol. The SMILES string of the molecule is O=NN(C(=O)NC1CCCC1)C1CCCC1. The fourth-order valence-electron chi connectivity index (χ4n) is 2.73. The lowest BCUT2D eigenvalue weighted by atomic mass is 10.2. The maximum Gasteiger partial charge on any atom is 0.340 e. The molecule has 0 atom stereocenters. The largest absolute Gasteiger partial charge is 0.340 e. The minimum absolute atomic E-state index is 0.0268. The predicted octanol–water partition coefficient (Wildman–Crippen LogP) is 2.56. The van der Waals surface area contributed by atoms with Crippen molar-refractivity contribution in [2.75, 3.05) is 0 Å². The Morgan fingerprint density at radius 1 is 1.06 bits per heavy atom. The van der Waals surface area contributed by atoms with E-state index in [0.29, 0.717) is 0 Å². The van der Waals surface area contributed by atoms with E-state index >= 15 is 0 Å². The zero-order valence-corrected chi connectivity index (χ0v) is 9.52. The number of nitrogens with zero attached hydrogens (tertiary/aromatic N) is 2. The third-order valence-electron chi connectivity index (χ3n) is 3.65. The van der Waals surface area contributed by atoms with E-state index in [2.05, 4.69) is 10.6 Å². The van der Waals surface area contributed by atoms with Crippen LogP contribution in [0.4, 0.5) is 4.79 Å². The van der Waals surface area contributed by atoms with Crippen LogP contribution < -0.4 is 5.32 Å². The van der Waals surface area contributed by atoms with Gasteiger partial charge < -0.3 is 5.32 Å². The topological polar surface area (TPSA) is 61.8 Å². The van der Waals surface area contributed by atoms with Gasteiger partial charge in [0.25, 0.3) is 0 Å². The Bertz CT molecular complexity index is 258. The molecule has 2 saturated carbocycles. The van der Waals surface area contributed by atoms with Crippen molar-refractivity contribution >= 4 is 6.03 Å². The molecule has 0 heterocycles. The average Bonchev–Trinajstić information content (AvgIpc) is 2.91. The van der Waals surface area contributed by atoms with Gasteiger partial charge in [0.1, 0.15) is 0 Å². The van der Waals surface area contributed by atoms with Crippen molar-refractivity contribution in [2.45, 2.75) is 63.5 Å². The lowest BCUT2D eigenvalue weighted by molar-refractivity contribution is 0.173. The Morgan fingerprint density at radius 3 is 2.19 bits per heavy atom. The maximum atomic E-state index is 11.8. The van der Waals surface area contributed by atoms with Gasteiger partial charge in [-0.05, 0) is 25.7 Å². The first-order chi connectivity index (χ1) is 7.81. The predicted molar refractivity (Wildman–Crippen MR) is 60.7 cm³/mol. The van der Waals surface area contributed by atoms with Crippen molar-refractivity contribution in [1.29, 1.82) is 0 Å². The number of hydrogen-bond donors (Lipinski definition) is 1. The highest BCUT2D eigenvalue weighted by Gasteiger charge is 2.29. The quantitative estimate of drug-likeness (QED) is 0.592. The van der Waals surface area contributed by atoms with Gasteiger partial charge in [-0.25, -0.2) is 4.79 Å². The van der Waals surface area contributed by atoms with Crippen LogP contribution in [-0.4, -0.2) is 23.1 Å². The molecule has 5 nitrogen and oxygen atoms in total. The van der Waals surface area contributed by atoms with Gasteiger partial charge in [0.15, 0.2) is 0 Å². The monoisotopic (exact) mass is 225 g/mol. The summed E-state index contributed by atoms with van der Waals surface area (Å²) in [7, 11) is 0. The molecule has 2 amide bonds. The summed E-state index contributed by atoms with van der Waals surface area (Å²) < 4.78 is 0. The lowest BCUT2D eigenvalue weighted by Gasteiger charge is -2.22. The number of rotatable bonds is 3. The first kappa shape index (κ1) is 11.4. The first-order valence-electron chi connectivity index (χ1n) is 6.24. The van der Waals surface area contributed by atoms with E-state index in [4.69, 9.17) is 0 Å². The van der Waals surface area contributed by atoms with E-state index in [9.17, 15) is 9.70 Å². The molecule has 16 heavy (non-hydrogen) atoms. The van der Waals surface area contributed by atoms with Gasteiger partial charge in [0.05, 0.1) is 11.3 Å². The Balaban J connectivity index is 1.87. The molecule has 2 aliphatic carbocycles. The highest BCUT2D eigenvalue weighted by molar-refractivity contribution is 5.74. The van der Waals surface area contributed by atoms with E-state index in [1.165, 1.54) is 12.8 Å². The number of carbonyl (C=O) groups is 1. The molecular weight excluding hydrogens is 206 g/mol. The van der Waals surface area contributed by atoms with Crippen LogP contribution in [0.1, 0.15) is 51.4 Å². The zero-order chi connectivity index (χ0) is 11.4. The summed E-state index contributed by atoms with van der Waals surface area (Å²) in [4.78, 5) is 22.6. The Morgan fingerprint density at radius 2 is 1.62 bits per heavy atom. The number of hydrogen-bond acceptors (Lipinski definition) is 3. The highest BCUT2D eigenvalue weighted by atomic mass is 16.3. The van der Waals surface area contributed by atoms with Crippen LogP contribution in [0.5, 0.6) is 0 Å². The second kappa shape index (κ2) is 5.27. The molecule has 0 aliphatic heterocycles. The summed E-state index contributed by atoms with van der Waals surface area (Å²) in [5, 5.41) is 6.90. The number of amides is 2. The third-order valence-corrected chi connectivity index (χ3v) is 3.65. The van der Waals surface area contributed by atoms with Crippen molar-refractivity contribution in [1.82, 2.24) is 10.3 Å². The molecule has 0 radical (unpaired) electrons. The number of urea groups is 1. The molecule has 2 fully saturated rings. The molecule has 2 aliphatic rings. The molecule has 90 valence electrons. The lowest BCUT2D eigenvalue weighted by Crippen LogP contribution is -2.45. The van der Waals surface area contributed by atoms with Gasteiger partial charge >= 0.3 is 6.03 Å². The first-order valence-corrected chi connectivity index (χ1v) is 6.24. The molecule has 1 N–H and O–H groups in total. The summed E-state index contributed by atoms with van der Waals surface area (Å²) in [6, 6.07) is -0.0224. The van der Waals surface area contributed by atoms with Crippen LogP contribution in [0.2, 0.25) is 0 Å². The molecular formula is C11H19N3O2. The maximum absolute atomic E-state index is 11.8. The van der Waals surface area contributed by atoms with Gasteiger partial charge in [0, 0.05) is 6.04 Å². The van der Waals surface area contributed by atoms with Crippen LogP contribution in [-0.2, 0) is 0 Å². The van der Waals surface area contributed by atoms with Gasteiger partial charge in [-0.1, -0.05) is 25.7 Å². The number of nitroso groups, excluding NO2 is 1. The van der Waals surface area contributed by atoms with E-state index in [0.717, 1.165) is 43.5 Å². The van der Waals surface area contributed by atoms with Gasteiger partial charge in [-0.3, -0.25) is 0 Å². The molecule has 0 aromatic rings. The minimum Gasteiger partial charge on any atom is -0.334 e. The molecule has 0 bridgehead atoms. The van der Waals surface area contributed by atoms with Crippen LogP contribution in [0, 0.1) is 4.91 Å². The summed E-state index contributed by atoms with van der Waals surface area (Å²) in [6.07, 6.45) is 8.40. The van der Waals surface area contributed by atoms with Crippen molar-refractivity contribution in [3.63, 3.8) is 0 Å². The standard InChI is InChI=1S/C11H19N3O2/c15-11(12-9-5-1-2-6-9)14(13-16)10-7-3-4-8-10/h9-10H,1-8H2,(H,12,15). The third kappa shape index (κ3) is 2.51. The van der Waals surface area contributed by atoms with Crippen LogP contribution in [0.3, 0.4) is 0 Å². The molecule has 5 heteroatoms. The molecule has 0 spiro atoms. The Kier molecular flexibility index (Phi) is 3.74. The summed E-state index contributed by atoms with van der Waals surface area (Å²) in [5.74, 6) is 0. The molecule has 0 aromatic heterocycles. The Hall–Kier alpha value is -1.13. The van der Waals surface area contributed by atoms with Crippen LogP contribution >= 0.6 is 0 Å². The van der Waals surface area contributed by atoms with Gasteiger partial charge in [-0.15, -0.1) is 4.91 Å². The van der Waals surface area contributed by atoms with Crippen molar-refractivity contribution < 1.29 is 4.79 Å². The number of nitrogens with one attached hydrogen (secondary N) is 1. The van der Waals surface area contributed by atoms with E-state index < -0.39 is 0 Å². The van der Waals surface area contributed by atoms with Crippen molar-refractivity contribution in [2.24, 2.45) is 5.29 Å².